The van der Waals surface area contributed by atoms with Gasteiger partial charge in [-0.1, -0.05) is 33.6 Å². The van der Waals surface area contributed by atoms with Crippen molar-refractivity contribution in [2.45, 2.75) is 40.0 Å². The first-order valence-electron chi connectivity index (χ1n) is 6.48. The summed E-state index contributed by atoms with van der Waals surface area (Å²) >= 11 is 0. The highest BCUT2D eigenvalue weighted by Gasteiger charge is 2.22. The second-order valence-electron chi connectivity index (χ2n) is 5.34. The van der Waals surface area contributed by atoms with Gasteiger partial charge >= 0.3 is 0 Å². The molecule has 0 aromatic carbocycles. The molecule has 0 heterocycles. The molecule has 0 bridgehead atoms. The maximum Gasteiger partial charge on any atom is 0.0591 e. The van der Waals surface area contributed by atoms with Gasteiger partial charge in [0.05, 0.1) is 6.61 Å². The predicted octanol–water partition coefficient (Wildman–Crippen LogP) is 2.68. The lowest BCUT2D eigenvalue weighted by molar-refractivity contribution is 0.111. The van der Waals surface area contributed by atoms with E-state index in [1.807, 2.05) is 0 Å². The molecule has 0 aromatic heterocycles. The molecule has 2 heteroatoms. The highest BCUT2D eigenvalue weighted by atomic mass is 16.5. The van der Waals surface area contributed by atoms with Gasteiger partial charge in [-0.15, -0.1) is 0 Å². The van der Waals surface area contributed by atoms with E-state index in [9.17, 15) is 0 Å². The lowest BCUT2D eigenvalue weighted by atomic mass is 9.98. The van der Waals surface area contributed by atoms with Crippen molar-refractivity contribution in [3.05, 3.63) is 0 Å². The van der Waals surface area contributed by atoms with Crippen LogP contribution in [0.1, 0.15) is 40.0 Å². The molecular formula is C13H27NO. The third-order valence-electron chi connectivity index (χ3n) is 3.32. The van der Waals surface area contributed by atoms with Crippen LogP contribution < -0.4 is 5.32 Å². The minimum Gasteiger partial charge on any atom is -0.380 e. The predicted molar refractivity (Wildman–Crippen MR) is 65.0 cm³/mol. The maximum absolute atomic E-state index is 5.52. The first kappa shape index (κ1) is 13.0. The topological polar surface area (TPSA) is 21.3 Å². The first-order chi connectivity index (χ1) is 7.20. The van der Waals surface area contributed by atoms with Crippen molar-refractivity contribution in [2.75, 3.05) is 26.3 Å². The molecule has 1 rings (SSSR count). The first-order valence-corrected chi connectivity index (χ1v) is 6.48. The van der Waals surface area contributed by atoms with Crippen LogP contribution in [0.25, 0.3) is 0 Å². The highest BCUT2D eigenvalue weighted by molar-refractivity contribution is 4.75. The Morgan fingerprint density at radius 2 is 2.13 bits per heavy atom. The van der Waals surface area contributed by atoms with Crippen LogP contribution in [0.4, 0.5) is 0 Å². The molecule has 2 nitrogen and oxygen atoms in total. The Morgan fingerprint density at radius 3 is 2.73 bits per heavy atom. The minimum atomic E-state index is 0.653. The molecule has 2 atom stereocenters. The smallest absolute Gasteiger partial charge is 0.0591 e. The Kier molecular flexibility index (Phi) is 6.26. The average molecular weight is 213 g/mol. The molecule has 0 spiro atoms. The maximum atomic E-state index is 5.52. The summed E-state index contributed by atoms with van der Waals surface area (Å²) < 4.78 is 5.52. The third-order valence-corrected chi connectivity index (χ3v) is 3.32. The van der Waals surface area contributed by atoms with Gasteiger partial charge in [-0.05, 0) is 30.7 Å². The molecule has 15 heavy (non-hydrogen) atoms. The van der Waals surface area contributed by atoms with E-state index in [1.54, 1.807) is 0 Å². The van der Waals surface area contributed by atoms with Crippen LogP contribution in [0.5, 0.6) is 0 Å². The fourth-order valence-electron chi connectivity index (χ4n) is 2.28. The van der Waals surface area contributed by atoms with E-state index < -0.39 is 0 Å². The van der Waals surface area contributed by atoms with Gasteiger partial charge in [0.25, 0.3) is 0 Å². The lowest BCUT2D eigenvalue weighted by Crippen LogP contribution is -2.27. The van der Waals surface area contributed by atoms with E-state index in [4.69, 9.17) is 4.74 Å². The van der Waals surface area contributed by atoms with Gasteiger partial charge in [-0.3, -0.25) is 0 Å². The SMILES string of the molecule is CC(C)COCCNCC1CCCC1C. The van der Waals surface area contributed by atoms with Gasteiger partial charge in [0, 0.05) is 13.2 Å². The molecule has 2 unspecified atom stereocenters. The minimum absolute atomic E-state index is 0.653. The summed E-state index contributed by atoms with van der Waals surface area (Å²) in [5, 5.41) is 3.51. The van der Waals surface area contributed by atoms with Gasteiger partial charge in [0.1, 0.15) is 0 Å². The fraction of sp³-hybridized carbons (Fsp3) is 1.00. The van der Waals surface area contributed by atoms with E-state index >= 15 is 0 Å². The number of hydrogen-bond donors (Lipinski definition) is 1. The summed E-state index contributed by atoms with van der Waals surface area (Å²) in [5.41, 5.74) is 0. The lowest BCUT2D eigenvalue weighted by Gasteiger charge is -2.16. The summed E-state index contributed by atoms with van der Waals surface area (Å²) in [6.07, 6.45) is 4.27. The summed E-state index contributed by atoms with van der Waals surface area (Å²) in [7, 11) is 0. The Hall–Kier alpha value is -0.0800. The Bertz CT molecular complexity index is 159. The van der Waals surface area contributed by atoms with Gasteiger partial charge in [-0.25, -0.2) is 0 Å². The Balaban J connectivity index is 1.88. The number of hydrogen-bond acceptors (Lipinski definition) is 2. The van der Waals surface area contributed by atoms with Crippen molar-refractivity contribution < 1.29 is 4.74 Å². The van der Waals surface area contributed by atoms with Crippen LogP contribution in [0.3, 0.4) is 0 Å². The van der Waals surface area contributed by atoms with Gasteiger partial charge < -0.3 is 10.1 Å². The molecule has 0 amide bonds. The van der Waals surface area contributed by atoms with E-state index in [-0.39, 0.29) is 0 Å². The molecule has 0 saturated heterocycles. The van der Waals surface area contributed by atoms with Crippen LogP contribution in [0.2, 0.25) is 0 Å². The molecule has 0 radical (unpaired) electrons. The van der Waals surface area contributed by atoms with E-state index in [2.05, 4.69) is 26.1 Å². The molecular weight excluding hydrogens is 186 g/mol. The second-order valence-corrected chi connectivity index (χ2v) is 5.34. The zero-order chi connectivity index (χ0) is 11.1. The normalized spacial score (nSPS) is 26.4. The largest absolute Gasteiger partial charge is 0.380 e. The summed E-state index contributed by atoms with van der Waals surface area (Å²) in [4.78, 5) is 0. The van der Waals surface area contributed by atoms with Crippen molar-refractivity contribution in [3.63, 3.8) is 0 Å². The fourth-order valence-corrected chi connectivity index (χ4v) is 2.28. The molecule has 0 aliphatic heterocycles. The zero-order valence-electron chi connectivity index (χ0n) is 10.6. The molecule has 1 aliphatic carbocycles. The van der Waals surface area contributed by atoms with Crippen LogP contribution in [0.15, 0.2) is 0 Å². The summed E-state index contributed by atoms with van der Waals surface area (Å²) in [6.45, 7) is 10.7. The zero-order valence-corrected chi connectivity index (χ0v) is 10.6. The molecule has 1 N–H and O–H groups in total. The van der Waals surface area contributed by atoms with Crippen LogP contribution in [-0.2, 0) is 4.74 Å². The quantitative estimate of drug-likeness (QED) is 0.657. The monoisotopic (exact) mass is 213 g/mol. The van der Waals surface area contributed by atoms with Crippen molar-refractivity contribution in [3.8, 4) is 0 Å². The third kappa shape index (κ3) is 5.53. The van der Waals surface area contributed by atoms with E-state index in [0.717, 1.165) is 31.6 Å². The standard InChI is InChI=1S/C13H27NO/c1-11(2)10-15-8-7-14-9-13-6-4-5-12(13)3/h11-14H,4-10H2,1-3H3. The van der Waals surface area contributed by atoms with Crippen molar-refractivity contribution in [2.24, 2.45) is 17.8 Å². The Labute approximate surface area is 94.8 Å². The highest BCUT2D eigenvalue weighted by Crippen LogP contribution is 2.30. The molecule has 90 valence electrons. The molecule has 1 aliphatic rings. The van der Waals surface area contributed by atoms with E-state index in [1.165, 1.54) is 25.8 Å². The summed E-state index contributed by atoms with van der Waals surface area (Å²) in [5.74, 6) is 2.49. The van der Waals surface area contributed by atoms with Gasteiger partial charge in [-0.2, -0.15) is 0 Å². The van der Waals surface area contributed by atoms with Crippen LogP contribution >= 0.6 is 0 Å². The molecule has 0 aromatic rings. The number of rotatable bonds is 7. The molecule has 1 saturated carbocycles. The van der Waals surface area contributed by atoms with E-state index in [0.29, 0.717) is 5.92 Å². The van der Waals surface area contributed by atoms with Gasteiger partial charge in [0.2, 0.25) is 0 Å². The van der Waals surface area contributed by atoms with Crippen LogP contribution in [0, 0.1) is 17.8 Å². The molecule has 1 fully saturated rings. The number of ether oxygens (including phenoxy) is 1. The second kappa shape index (κ2) is 7.24. The van der Waals surface area contributed by atoms with Crippen molar-refractivity contribution in [1.29, 1.82) is 0 Å². The Morgan fingerprint density at radius 1 is 1.33 bits per heavy atom. The van der Waals surface area contributed by atoms with Gasteiger partial charge in [0.15, 0.2) is 0 Å². The van der Waals surface area contributed by atoms with Crippen molar-refractivity contribution >= 4 is 0 Å². The summed E-state index contributed by atoms with van der Waals surface area (Å²) in [6, 6.07) is 0. The van der Waals surface area contributed by atoms with Crippen molar-refractivity contribution in [1.82, 2.24) is 5.32 Å². The average Bonchev–Trinajstić information content (AvgIpc) is 2.57. The van der Waals surface area contributed by atoms with Crippen LogP contribution in [-0.4, -0.2) is 26.3 Å². The number of nitrogens with one attached hydrogen (secondary N) is 1.